The van der Waals surface area contributed by atoms with Crippen LogP contribution in [0.1, 0.15) is 39.1 Å². The van der Waals surface area contributed by atoms with E-state index < -0.39 is 0 Å². The van der Waals surface area contributed by atoms with Crippen LogP contribution in [-0.4, -0.2) is 27.0 Å². The van der Waals surface area contributed by atoms with E-state index in [0.717, 1.165) is 6.42 Å². The molecule has 5 nitrogen and oxygen atoms in total. The van der Waals surface area contributed by atoms with Gasteiger partial charge in [-0.15, -0.1) is 0 Å². The molecule has 0 bridgehead atoms. The number of hydrogen-bond acceptors (Lipinski definition) is 3. The second kappa shape index (κ2) is 6.49. The molecule has 18 heavy (non-hydrogen) atoms. The maximum absolute atomic E-state index is 12.0. The van der Waals surface area contributed by atoms with Gasteiger partial charge in [0.2, 0.25) is 5.91 Å². The molecule has 0 aliphatic carbocycles. The number of carbonyl (C=O) groups is 1. The van der Waals surface area contributed by atoms with E-state index in [1.165, 1.54) is 0 Å². The van der Waals surface area contributed by atoms with E-state index in [1.54, 1.807) is 23.9 Å². The van der Waals surface area contributed by atoms with Gasteiger partial charge in [0.1, 0.15) is 11.0 Å². The van der Waals surface area contributed by atoms with Crippen molar-refractivity contribution in [2.45, 2.75) is 33.2 Å². The minimum absolute atomic E-state index is 0.0499. The average Bonchev–Trinajstić information content (AvgIpc) is 2.76. The van der Waals surface area contributed by atoms with E-state index in [-0.39, 0.29) is 16.9 Å². The molecular formula is C12H20N4OS. The molecule has 1 aromatic rings. The van der Waals surface area contributed by atoms with Crippen LogP contribution >= 0.6 is 12.2 Å². The van der Waals surface area contributed by atoms with Crippen molar-refractivity contribution >= 4 is 23.1 Å². The molecule has 1 aromatic heterocycles. The molecule has 6 heteroatoms. The standard InChI is InChI=1S/C12H20N4OS/c1-8(2)4-5-15-12(17)9(3)16-7-6-14-11(16)10(13)18/h6-9H,4-5H2,1-3H3,(H2,13,18)(H,15,17). The van der Waals surface area contributed by atoms with Crippen LogP contribution in [0.5, 0.6) is 0 Å². The summed E-state index contributed by atoms with van der Waals surface area (Å²) < 4.78 is 1.69. The third-order valence-corrected chi connectivity index (χ3v) is 2.89. The molecule has 0 aliphatic heterocycles. The second-order valence-electron chi connectivity index (χ2n) is 4.67. The highest BCUT2D eigenvalue weighted by Crippen LogP contribution is 2.09. The quantitative estimate of drug-likeness (QED) is 0.761. The van der Waals surface area contributed by atoms with E-state index in [4.69, 9.17) is 18.0 Å². The molecule has 0 saturated carbocycles. The zero-order valence-electron chi connectivity index (χ0n) is 11.0. The summed E-state index contributed by atoms with van der Waals surface area (Å²) in [5, 5.41) is 2.90. The van der Waals surface area contributed by atoms with Gasteiger partial charge in [0.15, 0.2) is 5.82 Å². The van der Waals surface area contributed by atoms with Crippen molar-refractivity contribution in [3.8, 4) is 0 Å². The summed E-state index contributed by atoms with van der Waals surface area (Å²) in [5.41, 5.74) is 5.55. The van der Waals surface area contributed by atoms with Crippen LogP contribution in [0.15, 0.2) is 12.4 Å². The fraction of sp³-hybridized carbons (Fsp3) is 0.583. The topological polar surface area (TPSA) is 72.9 Å². The van der Waals surface area contributed by atoms with Crippen molar-refractivity contribution in [1.29, 1.82) is 0 Å². The van der Waals surface area contributed by atoms with Crippen molar-refractivity contribution in [3.63, 3.8) is 0 Å². The van der Waals surface area contributed by atoms with Gasteiger partial charge in [-0.3, -0.25) is 4.79 Å². The summed E-state index contributed by atoms with van der Waals surface area (Å²) in [4.78, 5) is 16.2. The molecule has 1 rings (SSSR count). The van der Waals surface area contributed by atoms with Gasteiger partial charge in [-0.2, -0.15) is 0 Å². The number of amides is 1. The zero-order valence-corrected chi connectivity index (χ0v) is 11.8. The normalized spacial score (nSPS) is 12.4. The van der Waals surface area contributed by atoms with Crippen molar-refractivity contribution in [1.82, 2.24) is 14.9 Å². The van der Waals surface area contributed by atoms with E-state index >= 15 is 0 Å². The Bertz CT molecular complexity index is 427. The molecule has 1 amide bonds. The molecule has 0 spiro atoms. The summed E-state index contributed by atoms with van der Waals surface area (Å²) in [5.74, 6) is 0.990. The van der Waals surface area contributed by atoms with E-state index in [2.05, 4.69) is 24.1 Å². The predicted octanol–water partition coefficient (Wildman–Crippen LogP) is 1.24. The largest absolute Gasteiger partial charge is 0.387 e. The Balaban J connectivity index is 2.63. The Kier molecular flexibility index (Phi) is 5.27. The van der Waals surface area contributed by atoms with Crippen molar-refractivity contribution in [2.24, 2.45) is 11.7 Å². The predicted molar refractivity (Wildman–Crippen MR) is 75.3 cm³/mol. The van der Waals surface area contributed by atoms with Gasteiger partial charge in [0.05, 0.1) is 0 Å². The van der Waals surface area contributed by atoms with Crippen LogP contribution < -0.4 is 11.1 Å². The van der Waals surface area contributed by atoms with Crippen LogP contribution in [0, 0.1) is 5.92 Å². The number of aromatic nitrogens is 2. The van der Waals surface area contributed by atoms with Gasteiger partial charge in [0.25, 0.3) is 0 Å². The van der Waals surface area contributed by atoms with Crippen molar-refractivity contribution in [2.75, 3.05) is 6.54 Å². The molecule has 0 aliphatic rings. The third kappa shape index (κ3) is 3.80. The molecule has 100 valence electrons. The number of thiocarbonyl (C=S) groups is 1. The third-order valence-electron chi connectivity index (χ3n) is 2.71. The van der Waals surface area contributed by atoms with Crippen molar-refractivity contribution < 1.29 is 4.79 Å². The van der Waals surface area contributed by atoms with Crippen LogP contribution in [0.25, 0.3) is 0 Å². The zero-order chi connectivity index (χ0) is 13.7. The minimum atomic E-state index is -0.365. The van der Waals surface area contributed by atoms with E-state index in [0.29, 0.717) is 18.3 Å². The monoisotopic (exact) mass is 268 g/mol. The van der Waals surface area contributed by atoms with Crippen molar-refractivity contribution in [3.05, 3.63) is 18.2 Å². The molecule has 1 atom stereocenters. The lowest BCUT2D eigenvalue weighted by molar-refractivity contribution is -0.123. The maximum atomic E-state index is 12.0. The summed E-state index contributed by atoms with van der Waals surface area (Å²) in [6.45, 7) is 6.72. The maximum Gasteiger partial charge on any atom is 0.242 e. The minimum Gasteiger partial charge on any atom is -0.387 e. The lowest BCUT2D eigenvalue weighted by Gasteiger charge is -2.16. The van der Waals surface area contributed by atoms with Gasteiger partial charge in [-0.25, -0.2) is 4.98 Å². The summed E-state index contributed by atoms with van der Waals surface area (Å²) in [6, 6.07) is -0.365. The van der Waals surface area contributed by atoms with E-state index in [9.17, 15) is 4.79 Å². The van der Waals surface area contributed by atoms with Crippen LogP contribution in [0.3, 0.4) is 0 Å². The first kappa shape index (κ1) is 14.6. The number of carbonyl (C=O) groups excluding carboxylic acids is 1. The molecule has 1 heterocycles. The number of imidazole rings is 1. The lowest BCUT2D eigenvalue weighted by Crippen LogP contribution is -2.33. The Morgan fingerprint density at radius 3 is 2.78 bits per heavy atom. The highest BCUT2D eigenvalue weighted by molar-refractivity contribution is 7.80. The average molecular weight is 268 g/mol. The Hall–Kier alpha value is -1.43. The highest BCUT2D eigenvalue weighted by atomic mass is 32.1. The van der Waals surface area contributed by atoms with E-state index in [1.807, 2.05) is 0 Å². The molecule has 1 unspecified atom stereocenters. The summed E-state index contributed by atoms with van der Waals surface area (Å²) >= 11 is 4.89. The Morgan fingerprint density at radius 1 is 1.56 bits per heavy atom. The first-order valence-corrected chi connectivity index (χ1v) is 6.44. The summed E-state index contributed by atoms with van der Waals surface area (Å²) in [6.07, 6.45) is 4.26. The summed E-state index contributed by atoms with van der Waals surface area (Å²) in [7, 11) is 0. The number of rotatable bonds is 6. The SMILES string of the molecule is CC(C)CCNC(=O)C(C)n1ccnc1C(N)=S. The van der Waals surface area contributed by atoms with Crippen LogP contribution in [0.4, 0.5) is 0 Å². The van der Waals surface area contributed by atoms with Gasteiger partial charge < -0.3 is 15.6 Å². The fourth-order valence-electron chi connectivity index (χ4n) is 1.57. The first-order chi connectivity index (χ1) is 8.43. The van der Waals surface area contributed by atoms with Gasteiger partial charge in [-0.05, 0) is 19.3 Å². The molecule has 0 aromatic carbocycles. The van der Waals surface area contributed by atoms with Crippen LogP contribution in [0.2, 0.25) is 0 Å². The number of nitrogens with one attached hydrogen (secondary N) is 1. The fourth-order valence-corrected chi connectivity index (χ4v) is 1.73. The van der Waals surface area contributed by atoms with Crippen LogP contribution in [-0.2, 0) is 4.79 Å². The highest BCUT2D eigenvalue weighted by Gasteiger charge is 2.18. The smallest absolute Gasteiger partial charge is 0.242 e. The molecular weight excluding hydrogens is 248 g/mol. The van der Waals surface area contributed by atoms with Gasteiger partial charge >= 0.3 is 0 Å². The number of hydrogen-bond donors (Lipinski definition) is 2. The molecule has 0 radical (unpaired) electrons. The molecule has 0 fully saturated rings. The second-order valence-corrected chi connectivity index (χ2v) is 5.11. The lowest BCUT2D eigenvalue weighted by atomic mass is 10.1. The first-order valence-electron chi connectivity index (χ1n) is 6.03. The number of nitrogens with two attached hydrogens (primary N) is 1. The molecule has 0 saturated heterocycles. The Labute approximate surface area is 113 Å². The molecule has 3 N–H and O–H groups in total. The van der Waals surface area contributed by atoms with Gasteiger partial charge in [-0.1, -0.05) is 26.1 Å². The van der Waals surface area contributed by atoms with Gasteiger partial charge in [0, 0.05) is 18.9 Å². The Morgan fingerprint density at radius 2 is 2.22 bits per heavy atom. The number of nitrogens with zero attached hydrogens (tertiary/aromatic N) is 2.